The second-order valence-electron chi connectivity index (χ2n) is 3.73. The van der Waals surface area contributed by atoms with Crippen molar-refractivity contribution in [3.63, 3.8) is 0 Å². The predicted octanol–water partition coefficient (Wildman–Crippen LogP) is 0.254. The first-order valence-corrected chi connectivity index (χ1v) is 5.40. The first kappa shape index (κ1) is 11.7. The van der Waals surface area contributed by atoms with E-state index in [0.29, 0.717) is 18.3 Å². The quantitative estimate of drug-likeness (QED) is 0.790. The van der Waals surface area contributed by atoms with Gasteiger partial charge in [0.15, 0.2) is 5.82 Å². The van der Waals surface area contributed by atoms with Gasteiger partial charge >= 0.3 is 0 Å². The monoisotopic (exact) mass is 237 g/mol. The summed E-state index contributed by atoms with van der Waals surface area (Å²) in [6, 6.07) is 1.25. The molecular formula is C10H15N5O2. The number of hydrogen-bond donors (Lipinski definition) is 2. The van der Waals surface area contributed by atoms with Gasteiger partial charge in [-0.3, -0.25) is 4.68 Å². The Bertz CT molecular complexity index is 505. The number of nitrogens with zero attached hydrogens (tertiary/aromatic N) is 4. The maximum absolute atomic E-state index is 8.91. The van der Waals surface area contributed by atoms with E-state index in [2.05, 4.69) is 15.2 Å². The van der Waals surface area contributed by atoms with Crippen LogP contribution in [0.5, 0.6) is 0 Å². The first-order valence-electron chi connectivity index (χ1n) is 5.40. The van der Waals surface area contributed by atoms with Crippen LogP contribution in [-0.2, 0) is 6.54 Å². The number of aryl methyl sites for hydroxylation is 2. The van der Waals surface area contributed by atoms with Crippen LogP contribution >= 0.6 is 0 Å². The van der Waals surface area contributed by atoms with Gasteiger partial charge in [0.25, 0.3) is 5.89 Å². The van der Waals surface area contributed by atoms with Crippen molar-refractivity contribution in [3.05, 3.63) is 17.6 Å². The van der Waals surface area contributed by atoms with Crippen molar-refractivity contribution >= 4 is 0 Å². The number of aromatic nitrogens is 4. The standard InChI is InChI=1S/C10H15N5O2/c1-3-15-8(4-6(2)13-15)10-12-9(14-17-10)7(11)5-16/h4,7,16H,3,5,11H2,1-2H3. The van der Waals surface area contributed by atoms with Gasteiger partial charge in [-0.05, 0) is 19.9 Å². The van der Waals surface area contributed by atoms with Crippen LogP contribution in [0.3, 0.4) is 0 Å². The maximum atomic E-state index is 8.91. The smallest absolute Gasteiger partial charge is 0.276 e. The highest BCUT2D eigenvalue weighted by Crippen LogP contribution is 2.19. The molecule has 0 spiro atoms. The Hall–Kier alpha value is -1.73. The van der Waals surface area contributed by atoms with Gasteiger partial charge in [-0.2, -0.15) is 10.1 Å². The van der Waals surface area contributed by atoms with E-state index in [0.717, 1.165) is 11.4 Å². The SMILES string of the molecule is CCn1nc(C)cc1-c1nc(C(N)CO)no1. The first-order chi connectivity index (χ1) is 8.15. The molecule has 1 atom stereocenters. The molecule has 2 heterocycles. The number of aliphatic hydroxyl groups is 1. The van der Waals surface area contributed by atoms with Crippen LogP contribution in [0.1, 0.15) is 24.5 Å². The lowest BCUT2D eigenvalue weighted by atomic mass is 10.3. The number of aliphatic hydroxyl groups excluding tert-OH is 1. The lowest BCUT2D eigenvalue weighted by molar-refractivity contribution is 0.260. The van der Waals surface area contributed by atoms with Gasteiger partial charge in [0.05, 0.1) is 18.3 Å². The molecule has 92 valence electrons. The van der Waals surface area contributed by atoms with E-state index < -0.39 is 6.04 Å². The zero-order valence-corrected chi connectivity index (χ0v) is 9.79. The predicted molar refractivity (Wildman–Crippen MR) is 59.9 cm³/mol. The van der Waals surface area contributed by atoms with Crippen LogP contribution < -0.4 is 5.73 Å². The lowest BCUT2D eigenvalue weighted by Crippen LogP contribution is -2.15. The fourth-order valence-electron chi connectivity index (χ4n) is 1.53. The molecule has 0 radical (unpaired) electrons. The van der Waals surface area contributed by atoms with Gasteiger partial charge in [-0.1, -0.05) is 5.16 Å². The van der Waals surface area contributed by atoms with Gasteiger partial charge in [-0.25, -0.2) is 0 Å². The number of nitrogens with two attached hydrogens (primary N) is 1. The molecule has 0 aliphatic rings. The average Bonchev–Trinajstić information content (AvgIpc) is 2.93. The fraction of sp³-hybridized carbons (Fsp3) is 0.500. The molecular weight excluding hydrogens is 222 g/mol. The number of rotatable bonds is 4. The van der Waals surface area contributed by atoms with Crippen LogP contribution in [0.2, 0.25) is 0 Å². The fourth-order valence-corrected chi connectivity index (χ4v) is 1.53. The molecule has 7 heteroatoms. The molecule has 0 saturated heterocycles. The zero-order chi connectivity index (χ0) is 12.4. The van der Waals surface area contributed by atoms with Gasteiger partial charge in [0.1, 0.15) is 5.69 Å². The van der Waals surface area contributed by atoms with E-state index in [4.69, 9.17) is 15.4 Å². The average molecular weight is 237 g/mol. The van der Waals surface area contributed by atoms with E-state index in [-0.39, 0.29) is 6.61 Å². The molecule has 2 rings (SSSR count). The van der Waals surface area contributed by atoms with Crippen molar-refractivity contribution in [2.45, 2.75) is 26.4 Å². The Labute approximate surface area is 98.2 Å². The van der Waals surface area contributed by atoms with E-state index in [1.54, 1.807) is 4.68 Å². The molecule has 2 aromatic heterocycles. The van der Waals surface area contributed by atoms with Crippen LogP contribution in [0.4, 0.5) is 0 Å². The molecule has 0 aromatic carbocycles. The molecule has 0 fully saturated rings. The Morgan fingerprint density at radius 3 is 3.00 bits per heavy atom. The summed E-state index contributed by atoms with van der Waals surface area (Å²) in [7, 11) is 0. The second kappa shape index (κ2) is 4.64. The zero-order valence-electron chi connectivity index (χ0n) is 9.79. The van der Waals surface area contributed by atoms with Crippen LogP contribution in [-0.4, -0.2) is 31.6 Å². The molecule has 0 aliphatic carbocycles. The normalized spacial score (nSPS) is 12.9. The van der Waals surface area contributed by atoms with Crippen LogP contribution in [0, 0.1) is 6.92 Å². The molecule has 0 bridgehead atoms. The van der Waals surface area contributed by atoms with Gasteiger partial charge in [0.2, 0.25) is 0 Å². The summed E-state index contributed by atoms with van der Waals surface area (Å²) in [5.74, 6) is 0.662. The minimum absolute atomic E-state index is 0.217. The topological polar surface area (TPSA) is 103 Å². The molecule has 2 aromatic rings. The molecule has 3 N–H and O–H groups in total. The van der Waals surface area contributed by atoms with E-state index in [1.807, 2.05) is 19.9 Å². The van der Waals surface area contributed by atoms with Crippen molar-refractivity contribution in [3.8, 4) is 11.6 Å². The van der Waals surface area contributed by atoms with Crippen molar-refractivity contribution in [2.75, 3.05) is 6.61 Å². The summed E-state index contributed by atoms with van der Waals surface area (Å²) >= 11 is 0. The van der Waals surface area contributed by atoms with Crippen LogP contribution in [0.15, 0.2) is 10.6 Å². The largest absolute Gasteiger partial charge is 0.394 e. The minimum Gasteiger partial charge on any atom is -0.394 e. The molecule has 0 saturated carbocycles. The third-order valence-corrected chi connectivity index (χ3v) is 2.39. The highest BCUT2D eigenvalue weighted by atomic mass is 16.5. The van der Waals surface area contributed by atoms with Crippen molar-refractivity contribution in [1.82, 2.24) is 19.9 Å². The lowest BCUT2D eigenvalue weighted by Gasteiger charge is -1.99. The summed E-state index contributed by atoms with van der Waals surface area (Å²) < 4.78 is 6.89. The summed E-state index contributed by atoms with van der Waals surface area (Å²) in [6.07, 6.45) is 0. The third kappa shape index (κ3) is 2.20. The Morgan fingerprint density at radius 1 is 1.59 bits per heavy atom. The van der Waals surface area contributed by atoms with Crippen molar-refractivity contribution < 1.29 is 9.63 Å². The molecule has 0 aliphatic heterocycles. The number of hydrogen-bond acceptors (Lipinski definition) is 6. The summed E-state index contributed by atoms with van der Waals surface area (Å²) in [5.41, 5.74) is 7.24. The van der Waals surface area contributed by atoms with Crippen molar-refractivity contribution in [1.29, 1.82) is 0 Å². The second-order valence-corrected chi connectivity index (χ2v) is 3.73. The van der Waals surface area contributed by atoms with Gasteiger partial charge in [0, 0.05) is 6.54 Å². The van der Waals surface area contributed by atoms with Gasteiger partial charge in [-0.15, -0.1) is 0 Å². The summed E-state index contributed by atoms with van der Waals surface area (Å²) in [6.45, 7) is 4.37. The Morgan fingerprint density at radius 2 is 2.35 bits per heavy atom. The maximum Gasteiger partial charge on any atom is 0.276 e. The highest BCUT2D eigenvalue weighted by molar-refractivity contribution is 5.47. The van der Waals surface area contributed by atoms with Gasteiger partial charge < -0.3 is 15.4 Å². The minimum atomic E-state index is -0.619. The molecule has 7 nitrogen and oxygen atoms in total. The Balaban J connectivity index is 2.36. The summed E-state index contributed by atoms with van der Waals surface area (Å²) in [4.78, 5) is 4.15. The molecule has 17 heavy (non-hydrogen) atoms. The molecule has 1 unspecified atom stereocenters. The van der Waals surface area contributed by atoms with Crippen LogP contribution in [0.25, 0.3) is 11.6 Å². The van der Waals surface area contributed by atoms with Crippen molar-refractivity contribution in [2.24, 2.45) is 5.73 Å². The van der Waals surface area contributed by atoms with E-state index in [9.17, 15) is 0 Å². The third-order valence-electron chi connectivity index (χ3n) is 2.39. The molecule has 0 amide bonds. The highest BCUT2D eigenvalue weighted by Gasteiger charge is 2.17. The Kier molecular flexibility index (Phi) is 3.21. The van der Waals surface area contributed by atoms with E-state index >= 15 is 0 Å². The van der Waals surface area contributed by atoms with E-state index in [1.165, 1.54) is 0 Å². The summed E-state index contributed by atoms with van der Waals surface area (Å²) in [5, 5.41) is 16.9.